The zero-order valence-electron chi connectivity index (χ0n) is 12.2. The van der Waals surface area contributed by atoms with E-state index in [0.717, 1.165) is 0 Å². The monoisotopic (exact) mass is 290 g/mol. The normalized spacial score (nSPS) is 9.29. The Morgan fingerprint density at radius 3 is 2.00 bits per heavy atom. The highest BCUT2D eigenvalue weighted by Gasteiger charge is 2.15. The van der Waals surface area contributed by atoms with Crippen molar-refractivity contribution >= 4 is 5.78 Å². The number of ether oxygens (including phenoxy) is 2. The Kier molecular flexibility index (Phi) is 6.07. The van der Waals surface area contributed by atoms with Crippen molar-refractivity contribution in [3.63, 3.8) is 0 Å². The molecule has 21 heavy (non-hydrogen) atoms. The van der Waals surface area contributed by atoms with Crippen molar-refractivity contribution in [1.82, 2.24) is 0 Å². The Bertz CT molecular complexity index is 593. The largest absolute Gasteiger partial charge is 0.508 e. The van der Waals surface area contributed by atoms with Crippen LogP contribution in [-0.4, -0.2) is 30.2 Å². The number of carbonyl (C=O) groups excluding carboxylic acids is 1. The number of phenolic OH excluding ortho intramolecular Hbond substituents is 2. The van der Waals surface area contributed by atoms with Gasteiger partial charge in [-0.25, -0.2) is 0 Å². The second-order valence-corrected chi connectivity index (χ2v) is 4.12. The van der Waals surface area contributed by atoms with Crippen molar-refractivity contribution in [2.45, 2.75) is 6.92 Å². The van der Waals surface area contributed by atoms with Crippen molar-refractivity contribution in [2.75, 3.05) is 14.2 Å². The molecule has 0 aromatic heterocycles. The Morgan fingerprint density at radius 1 is 1.00 bits per heavy atom. The summed E-state index contributed by atoms with van der Waals surface area (Å²) >= 11 is 0. The number of methoxy groups -OCH3 is 2. The number of phenols is 2. The van der Waals surface area contributed by atoms with Gasteiger partial charge in [-0.1, -0.05) is 18.2 Å². The average molecular weight is 290 g/mol. The first-order chi connectivity index (χ1) is 9.99. The van der Waals surface area contributed by atoms with E-state index >= 15 is 0 Å². The van der Waals surface area contributed by atoms with Gasteiger partial charge in [-0.2, -0.15) is 0 Å². The summed E-state index contributed by atoms with van der Waals surface area (Å²) in [6.07, 6.45) is 0. The minimum Gasteiger partial charge on any atom is -0.508 e. The molecule has 0 heterocycles. The average Bonchev–Trinajstić information content (AvgIpc) is 2.47. The zero-order chi connectivity index (χ0) is 15.8. The van der Waals surface area contributed by atoms with Crippen LogP contribution in [0.2, 0.25) is 0 Å². The highest BCUT2D eigenvalue weighted by atomic mass is 16.5. The SMILES string of the molecule is COc1cc(O)c(C(C)=O)c(OC)c1.Oc1ccccc1. The third-order valence-corrected chi connectivity index (χ3v) is 2.62. The molecule has 0 amide bonds. The number of para-hydroxylation sites is 1. The number of aromatic hydroxyl groups is 2. The highest BCUT2D eigenvalue weighted by molar-refractivity contribution is 5.99. The molecule has 0 aliphatic heterocycles. The molecule has 0 aliphatic rings. The maximum Gasteiger partial charge on any atom is 0.167 e. The predicted octanol–water partition coefficient (Wildman–Crippen LogP) is 3.00. The van der Waals surface area contributed by atoms with E-state index in [4.69, 9.17) is 14.6 Å². The maximum absolute atomic E-state index is 11.2. The van der Waals surface area contributed by atoms with Gasteiger partial charge in [-0.3, -0.25) is 4.79 Å². The first-order valence-electron chi connectivity index (χ1n) is 6.19. The van der Waals surface area contributed by atoms with E-state index in [2.05, 4.69) is 0 Å². The second-order valence-electron chi connectivity index (χ2n) is 4.12. The third-order valence-electron chi connectivity index (χ3n) is 2.62. The van der Waals surface area contributed by atoms with Crippen LogP contribution in [-0.2, 0) is 0 Å². The molecule has 0 saturated heterocycles. The third kappa shape index (κ3) is 4.72. The number of carbonyl (C=O) groups is 1. The molecule has 5 nitrogen and oxygen atoms in total. The molecule has 0 bridgehead atoms. The fourth-order valence-corrected chi connectivity index (χ4v) is 1.64. The summed E-state index contributed by atoms with van der Waals surface area (Å²) in [6, 6.07) is 11.6. The fraction of sp³-hybridized carbons (Fsp3) is 0.188. The Hall–Kier alpha value is -2.69. The first kappa shape index (κ1) is 16.4. The number of rotatable bonds is 3. The van der Waals surface area contributed by atoms with E-state index in [-0.39, 0.29) is 17.1 Å². The van der Waals surface area contributed by atoms with Crippen LogP contribution in [0.5, 0.6) is 23.0 Å². The lowest BCUT2D eigenvalue weighted by molar-refractivity contribution is 0.101. The molecule has 0 spiro atoms. The topological polar surface area (TPSA) is 76.0 Å². The summed E-state index contributed by atoms with van der Waals surface area (Å²) in [5.41, 5.74) is 0.174. The fourth-order valence-electron chi connectivity index (χ4n) is 1.64. The summed E-state index contributed by atoms with van der Waals surface area (Å²) in [4.78, 5) is 11.2. The van der Waals surface area contributed by atoms with Gasteiger partial charge in [0.25, 0.3) is 0 Å². The molecule has 2 aromatic carbocycles. The zero-order valence-corrected chi connectivity index (χ0v) is 12.2. The summed E-state index contributed by atoms with van der Waals surface area (Å²) in [5, 5.41) is 18.2. The van der Waals surface area contributed by atoms with Crippen LogP contribution < -0.4 is 9.47 Å². The molecule has 0 unspecified atom stereocenters. The summed E-state index contributed by atoms with van der Waals surface area (Å²) < 4.78 is 9.89. The van der Waals surface area contributed by atoms with Gasteiger partial charge in [-0.05, 0) is 19.1 Å². The number of hydrogen-bond acceptors (Lipinski definition) is 5. The molecular formula is C16H18O5. The minimum atomic E-state index is -0.248. The highest BCUT2D eigenvalue weighted by Crippen LogP contribution is 2.33. The van der Waals surface area contributed by atoms with E-state index in [9.17, 15) is 9.90 Å². The smallest absolute Gasteiger partial charge is 0.167 e. The van der Waals surface area contributed by atoms with Gasteiger partial charge in [0.05, 0.1) is 14.2 Å². The van der Waals surface area contributed by atoms with Crippen LogP contribution >= 0.6 is 0 Å². The minimum absolute atomic E-state index is 0.131. The van der Waals surface area contributed by atoms with Crippen molar-refractivity contribution in [1.29, 1.82) is 0 Å². The van der Waals surface area contributed by atoms with Gasteiger partial charge >= 0.3 is 0 Å². The van der Waals surface area contributed by atoms with E-state index in [1.165, 1.54) is 27.2 Å². The summed E-state index contributed by atoms with van der Waals surface area (Å²) in [7, 11) is 2.91. The van der Waals surface area contributed by atoms with E-state index < -0.39 is 0 Å². The van der Waals surface area contributed by atoms with E-state index in [0.29, 0.717) is 17.2 Å². The van der Waals surface area contributed by atoms with Crippen molar-refractivity contribution < 1.29 is 24.5 Å². The Balaban J connectivity index is 0.000000262. The standard InChI is InChI=1S/C10H12O4.C6H6O/c1-6(11)10-8(12)4-7(13-2)5-9(10)14-3;7-6-4-2-1-3-5-6/h4-5,12H,1-3H3;1-5,7H. The molecule has 0 aliphatic carbocycles. The van der Waals surface area contributed by atoms with Crippen LogP contribution in [0.15, 0.2) is 42.5 Å². The van der Waals surface area contributed by atoms with Gasteiger partial charge in [-0.15, -0.1) is 0 Å². The van der Waals surface area contributed by atoms with Crippen molar-refractivity contribution in [2.24, 2.45) is 0 Å². The van der Waals surface area contributed by atoms with E-state index in [1.807, 2.05) is 6.07 Å². The molecule has 2 rings (SSSR count). The molecular weight excluding hydrogens is 272 g/mol. The quantitative estimate of drug-likeness (QED) is 0.850. The van der Waals surface area contributed by atoms with E-state index in [1.54, 1.807) is 30.3 Å². The van der Waals surface area contributed by atoms with Crippen LogP contribution in [0.4, 0.5) is 0 Å². The first-order valence-corrected chi connectivity index (χ1v) is 6.19. The lowest BCUT2D eigenvalue weighted by Gasteiger charge is -2.09. The van der Waals surface area contributed by atoms with Gasteiger partial charge in [0.2, 0.25) is 0 Å². The second kappa shape index (κ2) is 7.79. The summed E-state index contributed by atoms with van der Waals surface area (Å²) in [5.74, 6) is 0.705. The lowest BCUT2D eigenvalue weighted by atomic mass is 10.1. The number of hydrogen-bond donors (Lipinski definition) is 2. The lowest BCUT2D eigenvalue weighted by Crippen LogP contribution is -1.99. The van der Waals surface area contributed by atoms with Crippen LogP contribution in [0, 0.1) is 0 Å². The molecule has 2 N–H and O–H groups in total. The molecule has 2 aromatic rings. The molecule has 0 fully saturated rings. The van der Waals surface area contributed by atoms with Gasteiger partial charge in [0, 0.05) is 12.1 Å². The predicted molar refractivity (Wildman–Crippen MR) is 79.3 cm³/mol. The molecule has 0 atom stereocenters. The van der Waals surface area contributed by atoms with Gasteiger partial charge < -0.3 is 19.7 Å². The van der Waals surface area contributed by atoms with Gasteiger partial charge in [0.1, 0.15) is 28.6 Å². The van der Waals surface area contributed by atoms with Gasteiger partial charge in [0.15, 0.2) is 5.78 Å². The Labute approximate surface area is 123 Å². The number of benzene rings is 2. The molecule has 0 radical (unpaired) electrons. The van der Waals surface area contributed by atoms with Crippen LogP contribution in [0.25, 0.3) is 0 Å². The molecule has 5 heteroatoms. The maximum atomic E-state index is 11.2. The van der Waals surface area contributed by atoms with Crippen LogP contribution in [0.3, 0.4) is 0 Å². The number of Topliss-reactive ketones (excluding diaryl/α,β-unsaturated/α-hetero) is 1. The molecule has 0 saturated carbocycles. The number of ketones is 1. The molecule has 112 valence electrons. The van der Waals surface area contributed by atoms with Crippen molar-refractivity contribution in [3.05, 3.63) is 48.0 Å². The summed E-state index contributed by atoms with van der Waals surface area (Å²) in [6.45, 7) is 1.37. The van der Waals surface area contributed by atoms with Crippen molar-refractivity contribution in [3.8, 4) is 23.0 Å². The van der Waals surface area contributed by atoms with Crippen LogP contribution in [0.1, 0.15) is 17.3 Å². The Morgan fingerprint density at radius 2 is 1.62 bits per heavy atom.